The van der Waals surface area contributed by atoms with Gasteiger partial charge < -0.3 is 20.0 Å². The normalized spacial score (nSPS) is 13.7. The summed E-state index contributed by atoms with van der Waals surface area (Å²) < 4.78 is 0.416. The van der Waals surface area contributed by atoms with Gasteiger partial charge in [-0.25, -0.2) is 0 Å². The van der Waals surface area contributed by atoms with E-state index in [2.05, 4.69) is 11.9 Å². The lowest BCUT2D eigenvalue weighted by molar-refractivity contribution is -0.908. The molecular weight excluding hydrogens is 236 g/mol. The van der Waals surface area contributed by atoms with Gasteiger partial charge in [-0.2, -0.15) is 0 Å². The van der Waals surface area contributed by atoms with Crippen molar-refractivity contribution in [1.82, 2.24) is 5.32 Å². The summed E-state index contributed by atoms with van der Waals surface area (Å²) in [5, 5.41) is 20.4. The van der Waals surface area contributed by atoms with Gasteiger partial charge >= 0.3 is 5.97 Å². The molecule has 104 valence electrons. The minimum Gasteiger partial charge on any atom is -0.481 e. The zero-order chi connectivity index (χ0) is 14.2. The predicted octanol–water partition coefficient (Wildman–Crippen LogP) is -0.408. The van der Waals surface area contributed by atoms with Crippen LogP contribution in [0, 0.1) is 0 Å². The van der Waals surface area contributed by atoms with E-state index in [9.17, 15) is 9.59 Å². The molecule has 3 N–H and O–H groups in total. The van der Waals surface area contributed by atoms with Gasteiger partial charge in [0.05, 0.1) is 39.7 Å². The molecule has 0 aliphatic rings. The van der Waals surface area contributed by atoms with E-state index in [1.54, 1.807) is 6.92 Å². The van der Waals surface area contributed by atoms with Crippen LogP contribution in [0.1, 0.15) is 13.3 Å². The minimum absolute atomic E-state index is 0.00937. The molecule has 0 radical (unpaired) electrons. The molecule has 1 amide bonds. The first-order valence-corrected chi connectivity index (χ1v) is 5.90. The predicted molar refractivity (Wildman–Crippen MR) is 67.9 cm³/mol. The van der Waals surface area contributed by atoms with Crippen LogP contribution in [0.25, 0.3) is 0 Å². The monoisotopic (exact) mass is 259 g/mol. The number of carbonyl (C=O) groups excluding carboxylic acids is 1. The van der Waals surface area contributed by atoms with E-state index >= 15 is 0 Å². The number of nitrogens with zero attached hydrogens (tertiary/aromatic N) is 1. The summed E-state index contributed by atoms with van der Waals surface area (Å²) in [7, 11) is 1.87. The second-order valence-corrected chi connectivity index (χ2v) is 4.69. The van der Waals surface area contributed by atoms with Crippen LogP contribution in [-0.2, 0) is 9.59 Å². The Morgan fingerprint density at radius 3 is 2.33 bits per heavy atom. The second-order valence-electron chi connectivity index (χ2n) is 4.69. The maximum atomic E-state index is 11.3. The van der Waals surface area contributed by atoms with Crippen molar-refractivity contribution >= 4 is 11.9 Å². The van der Waals surface area contributed by atoms with Gasteiger partial charge in [-0.15, -0.1) is 0 Å². The molecule has 0 aliphatic carbocycles. The lowest BCUT2D eigenvalue weighted by atomic mass is 10.3. The zero-order valence-electron chi connectivity index (χ0n) is 11.1. The number of aliphatic hydroxyl groups excluding tert-OH is 1. The number of hydrogen-bond donors (Lipinski definition) is 3. The molecule has 0 heterocycles. The van der Waals surface area contributed by atoms with Gasteiger partial charge in [0.15, 0.2) is 0 Å². The highest BCUT2D eigenvalue weighted by molar-refractivity contribution is 5.92. The van der Waals surface area contributed by atoms with E-state index in [0.717, 1.165) is 0 Å². The Hall–Kier alpha value is -1.40. The fourth-order valence-corrected chi connectivity index (χ4v) is 1.53. The fourth-order valence-electron chi connectivity index (χ4n) is 1.53. The number of carboxylic acids is 1. The Bertz CT molecular complexity index is 317. The summed E-state index contributed by atoms with van der Waals surface area (Å²) in [6.45, 7) is 7.05. The number of aliphatic hydroxyl groups is 1. The number of quaternary nitrogens is 1. The van der Waals surface area contributed by atoms with Gasteiger partial charge in [-0.3, -0.25) is 9.59 Å². The molecule has 0 fully saturated rings. The van der Waals surface area contributed by atoms with Gasteiger partial charge in [0, 0.05) is 5.57 Å². The van der Waals surface area contributed by atoms with Crippen molar-refractivity contribution < 1.29 is 24.3 Å². The molecule has 1 unspecified atom stereocenters. The summed E-state index contributed by atoms with van der Waals surface area (Å²) in [6, 6.07) is 0. The minimum atomic E-state index is -0.858. The number of rotatable bonds is 9. The molecule has 0 aromatic rings. The Balaban J connectivity index is 4.21. The Morgan fingerprint density at radius 2 is 1.89 bits per heavy atom. The maximum absolute atomic E-state index is 11.3. The Kier molecular flexibility index (Phi) is 7.23. The summed E-state index contributed by atoms with van der Waals surface area (Å²) in [4.78, 5) is 21.9. The second kappa shape index (κ2) is 7.84. The summed E-state index contributed by atoms with van der Waals surface area (Å²) in [5.41, 5.74) is 0.442. The lowest BCUT2D eigenvalue weighted by Gasteiger charge is -2.33. The average molecular weight is 259 g/mol. The highest BCUT2D eigenvalue weighted by atomic mass is 16.4. The highest BCUT2D eigenvalue weighted by Crippen LogP contribution is 2.03. The van der Waals surface area contributed by atoms with Crippen molar-refractivity contribution in [3.8, 4) is 0 Å². The molecule has 6 heteroatoms. The molecule has 0 rings (SSSR count). The summed E-state index contributed by atoms with van der Waals surface area (Å²) in [5.74, 6) is -1.06. The van der Waals surface area contributed by atoms with Gasteiger partial charge in [-0.05, 0) is 6.92 Å². The van der Waals surface area contributed by atoms with Crippen LogP contribution in [0.4, 0.5) is 0 Å². The largest absolute Gasteiger partial charge is 0.481 e. The first kappa shape index (κ1) is 16.6. The first-order valence-electron chi connectivity index (χ1n) is 5.90. The molecule has 0 bridgehead atoms. The molecule has 0 aromatic carbocycles. The summed E-state index contributed by atoms with van der Waals surface area (Å²) >= 11 is 0. The quantitative estimate of drug-likeness (QED) is 0.388. The standard InChI is InChI=1S/C12H22N2O4/c1-10(2)12(18)13-5-7-14(3,8-9-15)6-4-11(16)17/h15H,1,4-9H2,2-3H3,(H-,13,16,17,18)/p+1. The number of hydrogen-bond acceptors (Lipinski definition) is 3. The number of carbonyl (C=O) groups is 2. The third kappa shape index (κ3) is 7.03. The number of nitrogens with one attached hydrogen (secondary N) is 1. The number of carboxylic acid groups (broad SMARTS) is 1. The van der Waals surface area contributed by atoms with E-state index in [0.29, 0.717) is 36.2 Å². The van der Waals surface area contributed by atoms with Crippen molar-refractivity contribution in [1.29, 1.82) is 0 Å². The van der Waals surface area contributed by atoms with E-state index < -0.39 is 5.97 Å². The van der Waals surface area contributed by atoms with Gasteiger partial charge in [0.2, 0.25) is 5.91 Å². The molecule has 1 atom stereocenters. The van der Waals surface area contributed by atoms with Crippen molar-refractivity contribution in [2.75, 3.05) is 39.8 Å². The number of likely N-dealkylation sites (N-methyl/N-ethyl adjacent to an activating group) is 1. The molecular formula is C12H23N2O4+. The van der Waals surface area contributed by atoms with Crippen LogP contribution in [0.3, 0.4) is 0 Å². The van der Waals surface area contributed by atoms with Gasteiger partial charge in [0.1, 0.15) is 6.54 Å². The highest BCUT2D eigenvalue weighted by Gasteiger charge is 2.22. The SMILES string of the molecule is C=C(C)C(=O)NCC[N+](C)(CCO)CCC(=O)O. The Morgan fingerprint density at radius 1 is 1.28 bits per heavy atom. The smallest absolute Gasteiger partial charge is 0.309 e. The average Bonchev–Trinajstić information content (AvgIpc) is 2.26. The number of aliphatic carboxylic acids is 1. The summed E-state index contributed by atoms with van der Waals surface area (Å²) in [6.07, 6.45) is 0.0466. The van der Waals surface area contributed by atoms with Crippen LogP contribution in [0.5, 0.6) is 0 Å². The van der Waals surface area contributed by atoms with E-state index in [1.165, 1.54) is 0 Å². The fraction of sp³-hybridized carbons (Fsp3) is 0.667. The van der Waals surface area contributed by atoms with Crippen molar-refractivity contribution in [3.63, 3.8) is 0 Å². The zero-order valence-corrected chi connectivity index (χ0v) is 11.1. The van der Waals surface area contributed by atoms with Crippen LogP contribution in [0.2, 0.25) is 0 Å². The lowest BCUT2D eigenvalue weighted by Crippen LogP contribution is -2.51. The van der Waals surface area contributed by atoms with Gasteiger partial charge in [0.25, 0.3) is 0 Å². The van der Waals surface area contributed by atoms with E-state index in [-0.39, 0.29) is 18.9 Å². The van der Waals surface area contributed by atoms with E-state index in [4.69, 9.17) is 10.2 Å². The van der Waals surface area contributed by atoms with Crippen LogP contribution >= 0.6 is 0 Å². The van der Waals surface area contributed by atoms with Crippen molar-refractivity contribution in [3.05, 3.63) is 12.2 Å². The van der Waals surface area contributed by atoms with Crippen LogP contribution < -0.4 is 5.32 Å². The van der Waals surface area contributed by atoms with Crippen molar-refractivity contribution in [2.45, 2.75) is 13.3 Å². The van der Waals surface area contributed by atoms with Crippen LogP contribution in [0.15, 0.2) is 12.2 Å². The van der Waals surface area contributed by atoms with E-state index in [1.807, 2.05) is 7.05 Å². The molecule has 18 heavy (non-hydrogen) atoms. The van der Waals surface area contributed by atoms with Crippen molar-refractivity contribution in [2.24, 2.45) is 0 Å². The maximum Gasteiger partial charge on any atom is 0.309 e. The first-order chi connectivity index (χ1) is 8.30. The molecule has 0 spiro atoms. The molecule has 0 saturated heterocycles. The van der Waals surface area contributed by atoms with Crippen LogP contribution in [-0.4, -0.2) is 66.4 Å². The molecule has 0 aromatic heterocycles. The third-order valence-corrected chi connectivity index (χ3v) is 2.83. The molecule has 6 nitrogen and oxygen atoms in total. The van der Waals surface area contributed by atoms with Gasteiger partial charge in [-0.1, -0.05) is 6.58 Å². The topological polar surface area (TPSA) is 86.6 Å². The third-order valence-electron chi connectivity index (χ3n) is 2.83. The molecule has 0 aliphatic heterocycles. The molecule has 0 saturated carbocycles. The number of amides is 1. The Labute approximate surface area is 107 Å².